The van der Waals surface area contributed by atoms with Crippen LogP contribution in [0.4, 0.5) is 0 Å². The van der Waals surface area contributed by atoms with Crippen LogP contribution in [0.2, 0.25) is 10.0 Å². The van der Waals surface area contributed by atoms with Crippen LogP contribution >= 0.6 is 23.2 Å². The third kappa shape index (κ3) is 3.67. The average molecular weight is 332 g/mol. The van der Waals surface area contributed by atoms with E-state index in [0.29, 0.717) is 10.0 Å². The highest BCUT2D eigenvalue weighted by atomic mass is 35.5. The third-order valence-electron chi connectivity index (χ3n) is 3.60. The van der Waals surface area contributed by atoms with Crippen LogP contribution in [0.25, 0.3) is 0 Å². The summed E-state index contributed by atoms with van der Waals surface area (Å²) in [5.74, 6) is -1.82. The molecule has 1 aromatic rings. The van der Waals surface area contributed by atoms with Crippen molar-refractivity contribution in [1.29, 1.82) is 0 Å². The van der Waals surface area contributed by atoms with Crippen molar-refractivity contribution in [3.63, 3.8) is 0 Å². The van der Waals surface area contributed by atoms with E-state index in [2.05, 4.69) is 0 Å². The van der Waals surface area contributed by atoms with Crippen molar-refractivity contribution >= 4 is 35.1 Å². The Kier molecular flexibility index (Phi) is 5.08. The molecule has 1 N–H and O–H groups in total. The van der Waals surface area contributed by atoms with E-state index in [0.717, 1.165) is 5.56 Å². The van der Waals surface area contributed by atoms with Crippen molar-refractivity contribution in [3.05, 3.63) is 33.8 Å². The lowest BCUT2D eigenvalue weighted by atomic mass is 10.0. The molecule has 0 aliphatic carbocycles. The van der Waals surface area contributed by atoms with Gasteiger partial charge in [0.05, 0.1) is 35.7 Å². The number of hydrogen-bond donors (Lipinski definition) is 1. The molecule has 0 aromatic heterocycles. The molecule has 1 aliphatic rings. The molecule has 7 heteroatoms. The smallest absolute Gasteiger partial charge is 0.311 e. The van der Waals surface area contributed by atoms with Gasteiger partial charge in [-0.15, -0.1) is 0 Å². The Balaban J connectivity index is 2.05. The summed E-state index contributed by atoms with van der Waals surface area (Å²) in [5, 5.41) is 9.93. The number of likely N-dealkylation sites (N-methyl/N-ethyl adjacent to an activating group) is 1. The van der Waals surface area contributed by atoms with E-state index in [1.54, 1.807) is 25.2 Å². The van der Waals surface area contributed by atoms with Crippen LogP contribution in [-0.4, -0.2) is 48.2 Å². The van der Waals surface area contributed by atoms with Gasteiger partial charge in [-0.3, -0.25) is 9.59 Å². The predicted molar refractivity (Wildman–Crippen MR) is 78.7 cm³/mol. The van der Waals surface area contributed by atoms with Crippen LogP contribution < -0.4 is 0 Å². The molecule has 0 spiro atoms. The monoisotopic (exact) mass is 331 g/mol. The zero-order valence-corrected chi connectivity index (χ0v) is 12.9. The second-order valence-electron chi connectivity index (χ2n) is 4.98. The summed E-state index contributed by atoms with van der Waals surface area (Å²) in [6, 6.07) is 4.54. The van der Waals surface area contributed by atoms with E-state index in [1.807, 2.05) is 0 Å². The highest BCUT2D eigenvalue weighted by molar-refractivity contribution is 6.42. The van der Waals surface area contributed by atoms with Gasteiger partial charge < -0.3 is 14.7 Å². The summed E-state index contributed by atoms with van der Waals surface area (Å²) in [6.45, 7) is 0.366. The molecule has 21 heavy (non-hydrogen) atoms. The lowest BCUT2D eigenvalue weighted by Gasteiger charge is -2.26. The molecule has 2 unspecified atom stereocenters. The molecule has 1 aromatic carbocycles. The Labute approximate surface area is 132 Å². The fourth-order valence-corrected chi connectivity index (χ4v) is 2.62. The molecule has 2 rings (SSSR count). The molecule has 0 radical (unpaired) electrons. The SMILES string of the molecule is CN(C(=O)Cc1ccc(Cl)c(Cl)c1)C1COCC1C(=O)O. The van der Waals surface area contributed by atoms with Crippen molar-refractivity contribution in [1.82, 2.24) is 4.90 Å². The number of amides is 1. The molecule has 2 atom stereocenters. The highest BCUT2D eigenvalue weighted by Gasteiger charge is 2.38. The standard InChI is InChI=1S/C14H15Cl2NO4/c1-17(12-7-21-6-9(12)14(19)20)13(18)5-8-2-3-10(15)11(16)4-8/h2-4,9,12H,5-7H2,1H3,(H,19,20). The molecule has 0 saturated carbocycles. The van der Waals surface area contributed by atoms with Crippen LogP contribution in [-0.2, 0) is 20.7 Å². The van der Waals surface area contributed by atoms with E-state index < -0.39 is 17.9 Å². The predicted octanol–water partition coefficient (Wildman–Crippen LogP) is 2.09. The number of aliphatic carboxylic acids is 1. The number of nitrogens with zero attached hydrogens (tertiary/aromatic N) is 1. The van der Waals surface area contributed by atoms with Gasteiger partial charge in [0.25, 0.3) is 0 Å². The van der Waals surface area contributed by atoms with Gasteiger partial charge in [0.2, 0.25) is 5.91 Å². The molecule has 0 bridgehead atoms. The maximum absolute atomic E-state index is 12.3. The number of hydrogen-bond acceptors (Lipinski definition) is 3. The van der Waals surface area contributed by atoms with E-state index in [-0.39, 0.29) is 25.5 Å². The minimum Gasteiger partial charge on any atom is -0.481 e. The fourth-order valence-electron chi connectivity index (χ4n) is 2.29. The van der Waals surface area contributed by atoms with Crippen molar-refractivity contribution in [2.24, 2.45) is 5.92 Å². The first-order valence-corrected chi connectivity index (χ1v) is 7.16. The first-order chi connectivity index (χ1) is 9.90. The van der Waals surface area contributed by atoms with Gasteiger partial charge in [-0.25, -0.2) is 0 Å². The van der Waals surface area contributed by atoms with Crippen LogP contribution in [0.5, 0.6) is 0 Å². The Bertz CT molecular complexity index is 564. The number of ether oxygens (including phenoxy) is 1. The second-order valence-corrected chi connectivity index (χ2v) is 5.79. The first-order valence-electron chi connectivity index (χ1n) is 6.40. The zero-order chi connectivity index (χ0) is 15.6. The van der Waals surface area contributed by atoms with E-state index in [4.69, 9.17) is 33.0 Å². The van der Waals surface area contributed by atoms with Crippen molar-refractivity contribution in [2.75, 3.05) is 20.3 Å². The Morgan fingerprint density at radius 2 is 2.05 bits per heavy atom. The molecule has 1 saturated heterocycles. The number of carboxylic acids is 1. The summed E-state index contributed by atoms with van der Waals surface area (Å²) < 4.78 is 5.17. The normalized spacial score (nSPS) is 21.3. The lowest BCUT2D eigenvalue weighted by molar-refractivity contribution is -0.144. The van der Waals surface area contributed by atoms with E-state index >= 15 is 0 Å². The molecule has 1 heterocycles. The van der Waals surface area contributed by atoms with E-state index in [1.165, 1.54) is 4.90 Å². The van der Waals surface area contributed by atoms with Gasteiger partial charge in [0, 0.05) is 7.05 Å². The van der Waals surface area contributed by atoms with Gasteiger partial charge >= 0.3 is 5.97 Å². The zero-order valence-electron chi connectivity index (χ0n) is 11.4. The first kappa shape index (κ1) is 16.1. The summed E-state index contributed by atoms with van der Waals surface area (Å²) in [5.41, 5.74) is 0.729. The number of rotatable bonds is 4. The van der Waals surface area contributed by atoms with Gasteiger partial charge in [-0.05, 0) is 17.7 Å². The Hall–Kier alpha value is -1.30. The van der Waals surface area contributed by atoms with Crippen LogP contribution in [0, 0.1) is 5.92 Å². The third-order valence-corrected chi connectivity index (χ3v) is 4.34. The number of carbonyl (C=O) groups is 2. The minimum absolute atomic E-state index is 0.129. The average Bonchev–Trinajstić information content (AvgIpc) is 2.91. The van der Waals surface area contributed by atoms with Crippen LogP contribution in [0.1, 0.15) is 5.56 Å². The summed E-state index contributed by atoms with van der Waals surface area (Å²) >= 11 is 11.7. The minimum atomic E-state index is -0.952. The quantitative estimate of drug-likeness (QED) is 0.917. The molecule has 1 aliphatic heterocycles. The van der Waals surface area contributed by atoms with Crippen molar-refractivity contribution in [3.8, 4) is 0 Å². The number of benzene rings is 1. The summed E-state index contributed by atoms with van der Waals surface area (Å²) in [6.07, 6.45) is 0.135. The van der Waals surface area contributed by atoms with Gasteiger partial charge in [0.1, 0.15) is 5.92 Å². The number of carboxylic acid groups (broad SMARTS) is 1. The fraction of sp³-hybridized carbons (Fsp3) is 0.429. The molecule has 1 fully saturated rings. The van der Waals surface area contributed by atoms with Gasteiger partial charge in [-0.1, -0.05) is 29.3 Å². The van der Waals surface area contributed by atoms with Crippen LogP contribution in [0.3, 0.4) is 0 Å². The molecular weight excluding hydrogens is 317 g/mol. The second kappa shape index (κ2) is 6.64. The Morgan fingerprint density at radius 3 is 2.67 bits per heavy atom. The Morgan fingerprint density at radius 1 is 1.33 bits per heavy atom. The highest BCUT2D eigenvalue weighted by Crippen LogP contribution is 2.24. The largest absolute Gasteiger partial charge is 0.481 e. The molecule has 1 amide bonds. The summed E-state index contributed by atoms with van der Waals surface area (Å²) in [7, 11) is 1.59. The van der Waals surface area contributed by atoms with Crippen molar-refractivity contribution < 1.29 is 19.4 Å². The molecule has 114 valence electrons. The topological polar surface area (TPSA) is 66.8 Å². The summed E-state index contributed by atoms with van der Waals surface area (Å²) in [4.78, 5) is 24.8. The van der Waals surface area contributed by atoms with Crippen LogP contribution in [0.15, 0.2) is 18.2 Å². The number of halogens is 2. The molecular formula is C14H15Cl2NO4. The molecule has 5 nitrogen and oxygen atoms in total. The maximum Gasteiger partial charge on any atom is 0.311 e. The van der Waals surface area contributed by atoms with Gasteiger partial charge in [0.15, 0.2) is 0 Å². The lowest BCUT2D eigenvalue weighted by Crippen LogP contribution is -2.44. The van der Waals surface area contributed by atoms with E-state index in [9.17, 15) is 9.59 Å². The maximum atomic E-state index is 12.3. The van der Waals surface area contributed by atoms with Gasteiger partial charge in [-0.2, -0.15) is 0 Å². The van der Waals surface area contributed by atoms with Crippen molar-refractivity contribution in [2.45, 2.75) is 12.5 Å². The number of carbonyl (C=O) groups excluding carboxylic acids is 1.